The van der Waals surface area contributed by atoms with E-state index in [4.69, 9.17) is 28.5 Å². The molecule has 0 aliphatic heterocycles. The van der Waals surface area contributed by atoms with Gasteiger partial charge < -0.3 is 5.32 Å². The van der Waals surface area contributed by atoms with Gasteiger partial charge in [-0.15, -0.1) is 0 Å². The number of nitrogens with one attached hydrogen (secondary N) is 1. The summed E-state index contributed by atoms with van der Waals surface area (Å²) in [6.07, 6.45) is 0. The van der Waals surface area contributed by atoms with Crippen LogP contribution in [0.15, 0.2) is 12.1 Å². The third-order valence-electron chi connectivity index (χ3n) is 1.61. The highest BCUT2D eigenvalue weighted by molar-refractivity contribution is 6.35. The molecule has 0 amide bonds. The summed E-state index contributed by atoms with van der Waals surface area (Å²) in [5.41, 5.74) is 1.62. The summed E-state index contributed by atoms with van der Waals surface area (Å²) in [5, 5.41) is 12.4. The van der Waals surface area contributed by atoms with E-state index in [0.29, 0.717) is 15.7 Å². The maximum atomic E-state index is 8.35. The monoisotopic (exact) mass is 214 g/mol. The van der Waals surface area contributed by atoms with Gasteiger partial charge in [-0.2, -0.15) is 5.26 Å². The van der Waals surface area contributed by atoms with Crippen molar-refractivity contribution >= 4 is 28.9 Å². The van der Waals surface area contributed by atoms with E-state index < -0.39 is 0 Å². The van der Waals surface area contributed by atoms with Gasteiger partial charge in [-0.3, -0.25) is 0 Å². The van der Waals surface area contributed by atoms with Crippen molar-refractivity contribution in [3.8, 4) is 6.07 Å². The first-order chi connectivity index (χ1) is 6.15. The van der Waals surface area contributed by atoms with Crippen LogP contribution < -0.4 is 5.32 Å². The van der Waals surface area contributed by atoms with E-state index >= 15 is 0 Å². The Morgan fingerprint density at radius 3 is 2.69 bits per heavy atom. The molecule has 1 aromatic carbocycles. The lowest BCUT2D eigenvalue weighted by Crippen LogP contribution is -1.99. The lowest BCUT2D eigenvalue weighted by molar-refractivity contribution is 1.31. The topological polar surface area (TPSA) is 35.8 Å². The molecule has 1 aromatic rings. The number of aryl methyl sites for hydroxylation is 1. The molecule has 1 rings (SSSR count). The Morgan fingerprint density at radius 2 is 2.08 bits per heavy atom. The largest absolute Gasteiger partial charge is 0.371 e. The third-order valence-corrected chi connectivity index (χ3v) is 2.33. The number of nitrogens with zero attached hydrogens (tertiary/aromatic N) is 1. The minimum Gasteiger partial charge on any atom is -0.371 e. The molecular formula is C9H8Cl2N2. The Bertz CT molecular complexity index is 355. The van der Waals surface area contributed by atoms with Crippen molar-refractivity contribution in [2.45, 2.75) is 6.92 Å². The Balaban J connectivity index is 2.96. The second kappa shape index (κ2) is 4.36. The summed E-state index contributed by atoms with van der Waals surface area (Å²) in [6, 6.07) is 5.45. The first kappa shape index (κ1) is 10.2. The Morgan fingerprint density at radius 1 is 1.38 bits per heavy atom. The average molecular weight is 215 g/mol. The van der Waals surface area contributed by atoms with Gasteiger partial charge in [0.1, 0.15) is 6.54 Å². The molecular weight excluding hydrogens is 207 g/mol. The number of hydrogen-bond donors (Lipinski definition) is 1. The zero-order valence-corrected chi connectivity index (χ0v) is 8.58. The number of rotatable bonds is 2. The fourth-order valence-corrected chi connectivity index (χ4v) is 1.37. The standard InChI is InChI=1S/C9H8Cl2N2/c1-6-4-8(11)9(5-7(6)10)13-3-2-12/h4-5,13H,3H2,1H3. The molecule has 13 heavy (non-hydrogen) atoms. The maximum absolute atomic E-state index is 8.35. The normalized spacial score (nSPS) is 9.38. The molecule has 0 heterocycles. The highest BCUT2D eigenvalue weighted by Crippen LogP contribution is 2.28. The van der Waals surface area contributed by atoms with E-state index in [-0.39, 0.29) is 6.54 Å². The molecule has 0 saturated carbocycles. The van der Waals surface area contributed by atoms with E-state index in [2.05, 4.69) is 5.32 Å². The van der Waals surface area contributed by atoms with E-state index in [9.17, 15) is 0 Å². The van der Waals surface area contributed by atoms with Gasteiger partial charge in [-0.25, -0.2) is 0 Å². The molecule has 0 aliphatic rings. The lowest BCUT2D eigenvalue weighted by Gasteiger charge is -2.06. The SMILES string of the molecule is Cc1cc(Cl)c(NCC#N)cc1Cl. The van der Waals surface area contributed by atoms with E-state index in [1.165, 1.54) is 0 Å². The quantitative estimate of drug-likeness (QED) is 0.768. The molecule has 0 atom stereocenters. The van der Waals surface area contributed by atoms with Gasteiger partial charge in [-0.05, 0) is 24.6 Å². The van der Waals surface area contributed by atoms with Crippen molar-refractivity contribution in [3.05, 3.63) is 27.7 Å². The number of anilines is 1. The predicted molar refractivity (Wildman–Crippen MR) is 55.3 cm³/mol. The van der Waals surface area contributed by atoms with Gasteiger partial charge in [-0.1, -0.05) is 23.2 Å². The van der Waals surface area contributed by atoms with Gasteiger partial charge in [0.05, 0.1) is 16.8 Å². The van der Waals surface area contributed by atoms with E-state index in [0.717, 1.165) is 5.56 Å². The number of halogens is 2. The van der Waals surface area contributed by atoms with Gasteiger partial charge in [0, 0.05) is 5.02 Å². The van der Waals surface area contributed by atoms with Gasteiger partial charge in [0.15, 0.2) is 0 Å². The second-order valence-corrected chi connectivity index (χ2v) is 3.41. The fourth-order valence-electron chi connectivity index (χ4n) is 0.917. The molecule has 0 aromatic heterocycles. The molecule has 0 unspecified atom stereocenters. The van der Waals surface area contributed by atoms with Crippen molar-refractivity contribution < 1.29 is 0 Å². The van der Waals surface area contributed by atoms with Gasteiger partial charge >= 0.3 is 0 Å². The number of nitriles is 1. The summed E-state index contributed by atoms with van der Waals surface area (Å²) < 4.78 is 0. The molecule has 0 spiro atoms. The van der Waals surface area contributed by atoms with Crippen LogP contribution in [0.2, 0.25) is 10.0 Å². The lowest BCUT2D eigenvalue weighted by atomic mass is 10.2. The Kier molecular flexibility index (Phi) is 3.41. The molecule has 68 valence electrons. The molecule has 1 N–H and O–H groups in total. The van der Waals surface area contributed by atoms with Crippen LogP contribution in [0, 0.1) is 18.3 Å². The van der Waals surface area contributed by atoms with Crippen LogP contribution in [0.3, 0.4) is 0 Å². The van der Waals surface area contributed by atoms with Crippen molar-refractivity contribution in [1.29, 1.82) is 5.26 Å². The summed E-state index contributed by atoms with van der Waals surface area (Å²) in [4.78, 5) is 0. The third kappa shape index (κ3) is 2.51. The van der Waals surface area contributed by atoms with Crippen molar-refractivity contribution in [3.63, 3.8) is 0 Å². The molecule has 0 fully saturated rings. The summed E-state index contributed by atoms with van der Waals surface area (Å²) >= 11 is 11.8. The van der Waals surface area contributed by atoms with Gasteiger partial charge in [0.2, 0.25) is 0 Å². The van der Waals surface area contributed by atoms with E-state index in [1.54, 1.807) is 12.1 Å². The maximum Gasteiger partial charge on any atom is 0.103 e. The highest BCUT2D eigenvalue weighted by Gasteiger charge is 2.03. The second-order valence-electron chi connectivity index (χ2n) is 2.59. The summed E-state index contributed by atoms with van der Waals surface area (Å²) in [7, 11) is 0. The molecule has 0 aliphatic carbocycles. The van der Waals surface area contributed by atoms with Crippen LogP contribution >= 0.6 is 23.2 Å². The van der Waals surface area contributed by atoms with Crippen LogP contribution in [0.25, 0.3) is 0 Å². The summed E-state index contributed by atoms with van der Waals surface area (Å²) in [6.45, 7) is 2.10. The first-order valence-electron chi connectivity index (χ1n) is 3.71. The van der Waals surface area contributed by atoms with Crippen LogP contribution in [-0.2, 0) is 0 Å². The molecule has 0 bridgehead atoms. The zero-order chi connectivity index (χ0) is 9.84. The minimum atomic E-state index is 0.221. The molecule has 2 nitrogen and oxygen atoms in total. The molecule has 4 heteroatoms. The number of benzene rings is 1. The molecule has 0 saturated heterocycles. The van der Waals surface area contributed by atoms with Crippen LogP contribution in [0.4, 0.5) is 5.69 Å². The fraction of sp³-hybridized carbons (Fsp3) is 0.222. The summed E-state index contributed by atoms with van der Waals surface area (Å²) in [5.74, 6) is 0. The Labute approximate surface area is 87.1 Å². The van der Waals surface area contributed by atoms with Crippen LogP contribution in [0.1, 0.15) is 5.56 Å². The van der Waals surface area contributed by atoms with Crippen molar-refractivity contribution in [2.75, 3.05) is 11.9 Å². The van der Waals surface area contributed by atoms with Crippen LogP contribution in [-0.4, -0.2) is 6.54 Å². The predicted octanol–water partition coefficient (Wildman–Crippen LogP) is 3.24. The average Bonchev–Trinajstić information content (AvgIpc) is 2.09. The number of hydrogen-bond acceptors (Lipinski definition) is 2. The zero-order valence-electron chi connectivity index (χ0n) is 7.06. The van der Waals surface area contributed by atoms with Crippen LogP contribution in [0.5, 0.6) is 0 Å². The Hall–Kier alpha value is -0.910. The first-order valence-corrected chi connectivity index (χ1v) is 4.47. The highest BCUT2D eigenvalue weighted by atomic mass is 35.5. The van der Waals surface area contributed by atoms with Crippen molar-refractivity contribution in [1.82, 2.24) is 0 Å². The van der Waals surface area contributed by atoms with Crippen molar-refractivity contribution in [2.24, 2.45) is 0 Å². The van der Waals surface area contributed by atoms with E-state index in [1.807, 2.05) is 13.0 Å². The molecule has 0 radical (unpaired) electrons. The smallest absolute Gasteiger partial charge is 0.103 e. The minimum absolute atomic E-state index is 0.221. The van der Waals surface area contributed by atoms with Gasteiger partial charge in [0.25, 0.3) is 0 Å².